The van der Waals surface area contributed by atoms with Crippen LogP contribution < -0.4 is 10.1 Å². The Labute approximate surface area is 116 Å². The minimum absolute atomic E-state index is 0.625. The molecule has 19 heavy (non-hydrogen) atoms. The van der Waals surface area contributed by atoms with Gasteiger partial charge in [-0.05, 0) is 19.1 Å². The van der Waals surface area contributed by atoms with E-state index in [-0.39, 0.29) is 0 Å². The molecule has 0 fully saturated rings. The van der Waals surface area contributed by atoms with Gasteiger partial charge >= 0.3 is 0 Å². The molecule has 0 spiro atoms. The summed E-state index contributed by atoms with van der Waals surface area (Å²) >= 11 is 1.34. The average molecular weight is 279 g/mol. The van der Waals surface area contributed by atoms with Crippen molar-refractivity contribution in [2.75, 3.05) is 32.2 Å². The van der Waals surface area contributed by atoms with Crippen LogP contribution in [-0.4, -0.2) is 36.2 Å². The Morgan fingerprint density at radius 1 is 1.32 bits per heavy atom. The summed E-state index contributed by atoms with van der Waals surface area (Å²) in [6, 6.07) is 7.79. The summed E-state index contributed by atoms with van der Waals surface area (Å²) in [6.07, 6.45) is 0. The summed E-state index contributed by atoms with van der Waals surface area (Å²) in [4.78, 5) is 4.46. The molecule has 2 aromatic rings. The first-order chi connectivity index (χ1) is 9.35. The zero-order valence-electron chi connectivity index (χ0n) is 11.0. The lowest BCUT2D eigenvalue weighted by atomic mass is 10.2. The Morgan fingerprint density at radius 3 is 2.95 bits per heavy atom. The van der Waals surface area contributed by atoms with Crippen LogP contribution >= 0.6 is 11.5 Å². The van der Waals surface area contributed by atoms with E-state index in [9.17, 15) is 0 Å². The zero-order valence-corrected chi connectivity index (χ0v) is 11.9. The van der Waals surface area contributed by atoms with Crippen molar-refractivity contribution in [2.45, 2.75) is 6.92 Å². The van der Waals surface area contributed by atoms with Gasteiger partial charge in [-0.2, -0.15) is 9.36 Å². The van der Waals surface area contributed by atoms with Crippen molar-refractivity contribution in [1.29, 1.82) is 0 Å². The zero-order chi connectivity index (χ0) is 13.5. The van der Waals surface area contributed by atoms with Gasteiger partial charge in [0, 0.05) is 25.2 Å². The van der Waals surface area contributed by atoms with Gasteiger partial charge in [-0.25, -0.2) is 0 Å². The molecule has 0 atom stereocenters. The van der Waals surface area contributed by atoms with Crippen LogP contribution in [0.2, 0.25) is 0 Å². The monoisotopic (exact) mass is 279 g/mol. The predicted octanol–water partition coefficient (Wildman–Crippen LogP) is 2.66. The molecule has 1 aromatic heterocycles. The van der Waals surface area contributed by atoms with Crippen molar-refractivity contribution in [3.63, 3.8) is 0 Å². The van der Waals surface area contributed by atoms with E-state index in [0.717, 1.165) is 23.0 Å². The third-order valence-electron chi connectivity index (χ3n) is 2.44. The lowest BCUT2D eigenvalue weighted by Crippen LogP contribution is -2.07. The average Bonchev–Trinajstić information content (AvgIpc) is 2.89. The molecule has 5 nitrogen and oxygen atoms in total. The molecule has 0 bridgehead atoms. The van der Waals surface area contributed by atoms with Gasteiger partial charge in [0.1, 0.15) is 5.75 Å². The molecule has 1 heterocycles. The smallest absolute Gasteiger partial charge is 0.202 e. The molecule has 0 radical (unpaired) electrons. The van der Waals surface area contributed by atoms with Crippen molar-refractivity contribution in [2.24, 2.45) is 0 Å². The van der Waals surface area contributed by atoms with Crippen LogP contribution in [-0.2, 0) is 4.74 Å². The molecular formula is C13H17N3O2S. The van der Waals surface area contributed by atoms with Gasteiger partial charge in [0.25, 0.3) is 0 Å². The number of ether oxygens (including phenoxy) is 2. The van der Waals surface area contributed by atoms with Gasteiger partial charge in [-0.3, -0.25) is 0 Å². The number of nitrogens with zero attached hydrogens (tertiary/aromatic N) is 2. The van der Waals surface area contributed by atoms with E-state index in [1.807, 2.05) is 31.2 Å². The Kier molecular flexibility index (Phi) is 5.11. The second-order valence-corrected chi connectivity index (χ2v) is 4.52. The Balaban J connectivity index is 2.13. The van der Waals surface area contributed by atoms with Crippen LogP contribution in [0.5, 0.6) is 5.75 Å². The van der Waals surface area contributed by atoms with E-state index in [1.54, 1.807) is 7.11 Å². The molecular weight excluding hydrogens is 262 g/mol. The molecule has 0 unspecified atom stereocenters. The molecule has 0 saturated carbocycles. The van der Waals surface area contributed by atoms with Gasteiger partial charge in [-0.1, -0.05) is 12.1 Å². The first kappa shape index (κ1) is 13.8. The highest BCUT2D eigenvalue weighted by atomic mass is 32.1. The lowest BCUT2D eigenvalue weighted by Gasteiger charge is -2.06. The third kappa shape index (κ3) is 3.65. The SMILES string of the molecule is CCOc1ccccc1-c1nsc(NCCOC)n1. The number of aromatic nitrogens is 2. The number of rotatable bonds is 7. The van der Waals surface area contributed by atoms with Crippen LogP contribution in [0.3, 0.4) is 0 Å². The van der Waals surface area contributed by atoms with Crippen molar-refractivity contribution < 1.29 is 9.47 Å². The molecule has 2 rings (SSSR count). The second kappa shape index (κ2) is 7.06. The molecule has 0 aliphatic heterocycles. The molecule has 0 amide bonds. The molecule has 0 aliphatic rings. The maximum atomic E-state index is 5.58. The van der Waals surface area contributed by atoms with Gasteiger partial charge in [0.15, 0.2) is 5.82 Å². The minimum Gasteiger partial charge on any atom is -0.493 e. The van der Waals surface area contributed by atoms with Crippen LogP contribution in [0.4, 0.5) is 5.13 Å². The topological polar surface area (TPSA) is 56.3 Å². The maximum Gasteiger partial charge on any atom is 0.202 e. The van der Waals surface area contributed by atoms with Crippen LogP contribution in [0.15, 0.2) is 24.3 Å². The molecule has 102 valence electrons. The normalized spacial score (nSPS) is 10.4. The predicted molar refractivity (Wildman–Crippen MR) is 76.9 cm³/mol. The molecule has 0 aliphatic carbocycles. The van der Waals surface area contributed by atoms with Crippen molar-refractivity contribution >= 4 is 16.7 Å². The van der Waals surface area contributed by atoms with Crippen LogP contribution in [0.1, 0.15) is 6.92 Å². The van der Waals surface area contributed by atoms with Crippen LogP contribution in [0, 0.1) is 0 Å². The van der Waals surface area contributed by atoms with Crippen molar-refractivity contribution in [1.82, 2.24) is 9.36 Å². The largest absolute Gasteiger partial charge is 0.493 e. The van der Waals surface area contributed by atoms with E-state index < -0.39 is 0 Å². The van der Waals surface area contributed by atoms with Gasteiger partial charge < -0.3 is 14.8 Å². The standard InChI is InChI=1S/C13H17N3O2S/c1-3-18-11-7-5-4-6-10(11)12-15-13(19-16-12)14-8-9-17-2/h4-7H,3,8-9H2,1-2H3,(H,14,15,16). The van der Waals surface area contributed by atoms with Crippen molar-refractivity contribution in [3.05, 3.63) is 24.3 Å². The number of hydrogen-bond acceptors (Lipinski definition) is 6. The summed E-state index contributed by atoms with van der Waals surface area (Å²) in [5.41, 5.74) is 0.917. The van der Waals surface area contributed by atoms with Crippen LogP contribution in [0.25, 0.3) is 11.4 Å². The quantitative estimate of drug-likeness (QED) is 0.790. The number of para-hydroxylation sites is 1. The number of methoxy groups -OCH3 is 1. The first-order valence-electron chi connectivity index (χ1n) is 6.14. The minimum atomic E-state index is 0.625. The summed E-state index contributed by atoms with van der Waals surface area (Å²) in [6.45, 7) is 3.95. The fraction of sp³-hybridized carbons (Fsp3) is 0.385. The molecule has 1 aromatic carbocycles. The summed E-state index contributed by atoms with van der Waals surface area (Å²) < 4.78 is 14.9. The fourth-order valence-electron chi connectivity index (χ4n) is 1.60. The Hall–Kier alpha value is -1.66. The molecule has 6 heteroatoms. The van der Waals surface area contributed by atoms with E-state index >= 15 is 0 Å². The summed E-state index contributed by atoms with van der Waals surface area (Å²) in [5.74, 6) is 1.50. The number of hydrogen-bond donors (Lipinski definition) is 1. The van der Waals surface area contributed by atoms with E-state index in [2.05, 4.69) is 14.7 Å². The van der Waals surface area contributed by atoms with Gasteiger partial charge in [0.2, 0.25) is 5.13 Å². The molecule has 1 N–H and O–H groups in total. The first-order valence-corrected chi connectivity index (χ1v) is 6.91. The van der Waals surface area contributed by atoms with Gasteiger partial charge in [0.05, 0.1) is 18.8 Å². The Morgan fingerprint density at radius 2 is 2.16 bits per heavy atom. The Bertz CT molecular complexity index is 516. The number of nitrogens with one attached hydrogen (secondary N) is 1. The lowest BCUT2D eigenvalue weighted by molar-refractivity contribution is 0.211. The number of anilines is 1. The maximum absolute atomic E-state index is 5.58. The molecule has 0 saturated heterocycles. The van der Waals surface area contributed by atoms with Crippen molar-refractivity contribution in [3.8, 4) is 17.1 Å². The summed E-state index contributed by atoms with van der Waals surface area (Å²) in [7, 11) is 1.67. The van der Waals surface area contributed by atoms with E-state index in [4.69, 9.17) is 9.47 Å². The highest BCUT2D eigenvalue weighted by molar-refractivity contribution is 7.09. The highest BCUT2D eigenvalue weighted by Gasteiger charge is 2.11. The second-order valence-electron chi connectivity index (χ2n) is 3.77. The number of benzene rings is 1. The third-order valence-corrected chi connectivity index (χ3v) is 3.11. The summed E-state index contributed by atoms with van der Waals surface area (Å²) in [5, 5.41) is 3.96. The van der Waals surface area contributed by atoms with Gasteiger partial charge in [-0.15, -0.1) is 0 Å². The fourth-order valence-corrected chi connectivity index (χ4v) is 2.20. The highest BCUT2D eigenvalue weighted by Crippen LogP contribution is 2.29. The van der Waals surface area contributed by atoms with E-state index in [1.165, 1.54) is 11.5 Å². The van der Waals surface area contributed by atoms with E-state index in [0.29, 0.717) is 19.0 Å².